The van der Waals surface area contributed by atoms with Gasteiger partial charge in [-0.25, -0.2) is 0 Å². The van der Waals surface area contributed by atoms with Crippen molar-refractivity contribution in [2.45, 2.75) is 51.5 Å². The number of nitrogens with two attached hydrogens (primary N) is 1. The van der Waals surface area contributed by atoms with Gasteiger partial charge in [-0.2, -0.15) is 0 Å². The Morgan fingerprint density at radius 3 is 2.94 bits per heavy atom. The molecule has 0 bridgehead atoms. The van der Waals surface area contributed by atoms with Crippen molar-refractivity contribution in [2.24, 2.45) is 0 Å². The van der Waals surface area contributed by atoms with Gasteiger partial charge in [0.05, 0.1) is 11.9 Å². The van der Waals surface area contributed by atoms with Crippen molar-refractivity contribution in [3.8, 4) is 0 Å². The zero-order valence-corrected chi connectivity index (χ0v) is 11.4. The van der Waals surface area contributed by atoms with Gasteiger partial charge in [-0.15, -0.1) is 0 Å². The third-order valence-electron chi connectivity index (χ3n) is 3.97. The molecule has 1 aliphatic rings. The maximum atomic E-state index is 5.66. The van der Waals surface area contributed by atoms with E-state index < -0.39 is 0 Å². The van der Waals surface area contributed by atoms with E-state index in [4.69, 9.17) is 5.73 Å². The molecule has 1 unspecified atom stereocenters. The van der Waals surface area contributed by atoms with Crippen LogP contribution in [0.3, 0.4) is 0 Å². The van der Waals surface area contributed by atoms with Crippen LogP contribution in [0.5, 0.6) is 0 Å². The third-order valence-corrected chi connectivity index (χ3v) is 3.97. The summed E-state index contributed by atoms with van der Waals surface area (Å²) in [7, 11) is 0. The van der Waals surface area contributed by atoms with Gasteiger partial charge in [-0.3, -0.25) is 4.98 Å². The number of aromatic nitrogens is 1. The maximum Gasteiger partial charge on any atom is 0.0501 e. The molecule has 3 nitrogen and oxygen atoms in total. The van der Waals surface area contributed by atoms with E-state index >= 15 is 0 Å². The molecule has 1 atom stereocenters. The topological polar surface area (TPSA) is 42.1 Å². The van der Waals surface area contributed by atoms with Crippen molar-refractivity contribution in [1.29, 1.82) is 0 Å². The Labute approximate surface area is 110 Å². The van der Waals surface area contributed by atoms with Crippen molar-refractivity contribution < 1.29 is 0 Å². The van der Waals surface area contributed by atoms with Gasteiger partial charge >= 0.3 is 0 Å². The first-order chi connectivity index (χ1) is 8.79. The van der Waals surface area contributed by atoms with Crippen LogP contribution in [-0.2, 0) is 6.42 Å². The fraction of sp³-hybridized carbons (Fsp3) is 0.667. The van der Waals surface area contributed by atoms with Crippen molar-refractivity contribution in [3.63, 3.8) is 0 Å². The summed E-state index contributed by atoms with van der Waals surface area (Å²) in [6, 6.07) is 4.78. The van der Waals surface area contributed by atoms with Crippen LogP contribution in [0.2, 0.25) is 0 Å². The lowest BCUT2D eigenvalue weighted by Crippen LogP contribution is -2.36. The molecule has 2 heterocycles. The fourth-order valence-electron chi connectivity index (χ4n) is 2.84. The van der Waals surface area contributed by atoms with Crippen LogP contribution in [0.1, 0.15) is 44.7 Å². The van der Waals surface area contributed by atoms with Gasteiger partial charge in [0.15, 0.2) is 0 Å². The van der Waals surface area contributed by atoms with Gasteiger partial charge in [0, 0.05) is 24.7 Å². The molecule has 2 rings (SSSR count). The standard InChI is InChI=1S/C15H25N3/c1-2-15-6-4-3-5-10-18(15)11-9-14-8-7-13(16)12-17-14/h7-8,12,15H,2-6,9-11,16H2,1H3. The highest BCUT2D eigenvalue weighted by atomic mass is 15.2. The number of hydrogen-bond acceptors (Lipinski definition) is 3. The second kappa shape index (κ2) is 6.74. The highest BCUT2D eigenvalue weighted by Crippen LogP contribution is 2.19. The fourth-order valence-corrected chi connectivity index (χ4v) is 2.84. The average molecular weight is 247 g/mol. The van der Waals surface area contributed by atoms with E-state index in [-0.39, 0.29) is 0 Å². The maximum absolute atomic E-state index is 5.66. The van der Waals surface area contributed by atoms with Crippen molar-refractivity contribution in [2.75, 3.05) is 18.8 Å². The zero-order valence-electron chi connectivity index (χ0n) is 11.4. The predicted octanol–water partition coefficient (Wildman–Crippen LogP) is 2.86. The van der Waals surface area contributed by atoms with Gasteiger partial charge in [0.25, 0.3) is 0 Å². The lowest BCUT2D eigenvalue weighted by molar-refractivity contribution is 0.196. The van der Waals surface area contributed by atoms with Crippen LogP contribution >= 0.6 is 0 Å². The van der Waals surface area contributed by atoms with E-state index in [0.29, 0.717) is 0 Å². The van der Waals surface area contributed by atoms with Gasteiger partial charge in [-0.05, 0) is 37.9 Å². The molecule has 0 spiro atoms. The molecule has 1 fully saturated rings. The summed E-state index contributed by atoms with van der Waals surface area (Å²) >= 11 is 0. The SMILES string of the molecule is CCC1CCCCCN1CCc1ccc(N)cn1. The second-order valence-electron chi connectivity index (χ2n) is 5.28. The number of nitrogens with zero attached hydrogens (tertiary/aromatic N) is 2. The number of anilines is 1. The number of rotatable bonds is 4. The minimum Gasteiger partial charge on any atom is -0.397 e. The molecular formula is C15H25N3. The summed E-state index contributed by atoms with van der Waals surface area (Å²) in [6.45, 7) is 4.70. The number of pyridine rings is 1. The predicted molar refractivity (Wildman–Crippen MR) is 76.5 cm³/mol. The van der Waals surface area contributed by atoms with Crippen LogP contribution in [0.4, 0.5) is 5.69 Å². The molecule has 100 valence electrons. The smallest absolute Gasteiger partial charge is 0.0501 e. The van der Waals surface area contributed by atoms with Gasteiger partial charge in [0.1, 0.15) is 0 Å². The van der Waals surface area contributed by atoms with Crippen LogP contribution < -0.4 is 5.73 Å². The summed E-state index contributed by atoms with van der Waals surface area (Å²) in [5.74, 6) is 0. The van der Waals surface area contributed by atoms with E-state index in [1.807, 2.05) is 12.1 Å². The Balaban J connectivity index is 1.88. The van der Waals surface area contributed by atoms with E-state index in [0.717, 1.165) is 30.4 Å². The van der Waals surface area contributed by atoms with Crippen LogP contribution in [-0.4, -0.2) is 29.0 Å². The first-order valence-corrected chi connectivity index (χ1v) is 7.24. The van der Waals surface area contributed by atoms with Crippen molar-refractivity contribution in [1.82, 2.24) is 9.88 Å². The summed E-state index contributed by atoms with van der Waals surface area (Å²) in [4.78, 5) is 7.04. The number of nitrogen functional groups attached to an aromatic ring is 1. The first-order valence-electron chi connectivity index (χ1n) is 7.24. The monoisotopic (exact) mass is 247 g/mol. The third kappa shape index (κ3) is 3.70. The highest BCUT2D eigenvalue weighted by molar-refractivity contribution is 5.34. The van der Waals surface area contributed by atoms with Gasteiger partial charge < -0.3 is 10.6 Å². The molecule has 3 heteroatoms. The van der Waals surface area contributed by atoms with Crippen molar-refractivity contribution in [3.05, 3.63) is 24.0 Å². The minimum atomic E-state index is 0.750. The molecule has 1 aliphatic heterocycles. The average Bonchev–Trinajstić information content (AvgIpc) is 2.63. The molecule has 0 amide bonds. The Kier molecular flexibility index (Phi) is 5.00. The van der Waals surface area contributed by atoms with E-state index in [1.165, 1.54) is 38.6 Å². The van der Waals surface area contributed by atoms with E-state index in [2.05, 4.69) is 16.8 Å². The molecular weight excluding hydrogens is 222 g/mol. The molecule has 1 aromatic rings. The Morgan fingerprint density at radius 1 is 1.33 bits per heavy atom. The zero-order chi connectivity index (χ0) is 12.8. The Bertz CT molecular complexity index is 347. The molecule has 1 aromatic heterocycles. The molecule has 0 saturated carbocycles. The number of likely N-dealkylation sites (tertiary alicyclic amines) is 1. The summed E-state index contributed by atoms with van der Waals surface area (Å²) in [5.41, 5.74) is 7.56. The first kappa shape index (κ1) is 13.3. The lowest BCUT2D eigenvalue weighted by Gasteiger charge is -2.28. The quantitative estimate of drug-likeness (QED) is 0.889. The van der Waals surface area contributed by atoms with Crippen LogP contribution in [0.25, 0.3) is 0 Å². The summed E-state index contributed by atoms with van der Waals surface area (Å²) < 4.78 is 0. The lowest BCUT2D eigenvalue weighted by atomic mass is 10.1. The van der Waals surface area contributed by atoms with E-state index in [9.17, 15) is 0 Å². The van der Waals surface area contributed by atoms with Gasteiger partial charge in [-0.1, -0.05) is 19.8 Å². The molecule has 0 aliphatic carbocycles. The number of hydrogen-bond donors (Lipinski definition) is 1. The largest absolute Gasteiger partial charge is 0.397 e. The molecule has 0 radical (unpaired) electrons. The Hall–Kier alpha value is -1.09. The minimum absolute atomic E-state index is 0.750. The normalized spacial score (nSPS) is 21.7. The molecule has 0 aromatic carbocycles. The summed E-state index contributed by atoms with van der Waals surface area (Å²) in [6.07, 6.45) is 9.58. The van der Waals surface area contributed by atoms with Crippen LogP contribution in [0.15, 0.2) is 18.3 Å². The summed E-state index contributed by atoms with van der Waals surface area (Å²) in [5, 5.41) is 0. The molecule has 2 N–H and O–H groups in total. The molecule has 1 saturated heterocycles. The molecule has 18 heavy (non-hydrogen) atoms. The Morgan fingerprint density at radius 2 is 2.22 bits per heavy atom. The highest BCUT2D eigenvalue weighted by Gasteiger charge is 2.18. The van der Waals surface area contributed by atoms with E-state index in [1.54, 1.807) is 6.20 Å². The van der Waals surface area contributed by atoms with Gasteiger partial charge in [0.2, 0.25) is 0 Å². The second-order valence-corrected chi connectivity index (χ2v) is 5.28. The van der Waals surface area contributed by atoms with Crippen molar-refractivity contribution >= 4 is 5.69 Å². The van der Waals surface area contributed by atoms with Crippen LogP contribution in [0, 0.1) is 0 Å².